The van der Waals surface area contributed by atoms with Crippen molar-refractivity contribution in [3.8, 4) is 5.75 Å². The summed E-state index contributed by atoms with van der Waals surface area (Å²) >= 11 is 3.40. The van der Waals surface area contributed by atoms with Crippen molar-refractivity contribution in [2.75, 3.05) is 7.11 Å². The summed E-state index contributed by atoms with van der Waals surface area (Å²) in [5.41, 5.74) is 0.752. The summed E-state index contributed by atoms with van der Waals surface area (Å²) in [5, 5.41) is 0. The number of benzene rings is 1. The van der Waals surface area contributed by atoms with Gasteiger partial charge in [0.2, 0.25) is 0 Å². The second kappa shape index (κ2) is 7.57. The lowest BCUT2D eigenvalue weighted by Crippen LogP contribution is -2.14. The Kier molecular flexibility index (Phi) is 6.41. The highest BCUT2D eigenvalue weighted by Crippen LogP contribution is 2.28. The van der Waals surface area contributed by atoms with Gasteiger partial charge in [-0.1, -0.05) is 32.8 Å². The van der Waals surface area contributed by atoms with Crippen molar-refractivity contribution >= 4 is 21.7 Å². The minimum Gasteiger partial charge on any atom is -0.496 e. The smallest absolute Gasteiger partial charge is 0.166 e. The van der Waals surface area contributed by atoms with E-state index in [-0.39, 0.29) is 11.7 Å². The molecule has 0 unspecified atom stereocenters. The maximum Gasteiger partial charge on any atom is 0.166 e. The summed E-state index contributed by atoms with van der Waals surface area (Å²) in [4.78, 5) is 12.4. The molecule has 0 aliphatic carbocycles. The zero-order valence-corrected chi connectivity index (χ0v) is 12.9. The summed E-state index contributed by atoms with van der Waals surface area (Å²) < 4.78 is 6.12. The Hall–Kier alpha value is -0.830. The number of Topliss-reactive ketones (excluding diaryl/α,β-unsaturated/α-hetero) is 1. The van der Waals surface area contributed by atoms with Crippen LogP contribution in [0.3, 0.4) is 0 Å². The lowest BCUT2D eigenvalue weighted by atomic mass is 9.90. The SMILES string of the molecule is CCCC(CCC)C(=O)c1ccc(Br)c(OC)c1. The normalized spacial score (nSPS) is 10.7. The van der Waals surface area contributed by atoms with E-state index in [0.717, 1.165) is 35.7 Å². The Labute approximate surface area is 118 Å². The predicted octanol–water partition coefficient (Wildman–Crippen LogP) is 4.86. The average molecular weight is 313 g/mol. The molecule has 0 bridgehead atoms. The van der Waals surface area contributed by atoms with E-state index >= 15 is 0 Å². The number of methoxy groups -OCH3 is 1. The monoisotopic (exact) mass is 312 g/mol. The van der Waals surface area contributed by atoms with Gasteiger partial charge in [0.05, 0.1) is 11.6 Å². The lowest BCUT2D eigenvalue weighted by Gasteiger charge is -2.15. The van der Waals surface area contributed by atoms with Crippen molar-refractivity contribution in [1.29, 1.82) is 0 Å². The van der Waals surface area contributed by atoms with Gasteiger partial charge in [-0.2, -0.15) is 0 Å². The summed E-state index contributed by atoms with van der Waals surface area (Å²) in [6.45, 7) is 4.25. The van der Waals surface area contributed by atoms with Crippen LogP contribution < -0.4 is 4.74 Å². The lowest BCUT2D eigenvalue weighted by molar-refractivity contribution is 0.0904. The number of hydrogen-bond acceptors (Lipinski definition) is 2. The third-order valence-electron chi connectivity index (χ3n) is 3.08. The van der Waals surface area contributed by atoms with Crippen LogP contribution in [-0.2, 0) is 0 Å². The molecule has 2 nitrogen and oxygen atoms in total. The van der Waals surface area contributed by atoms with Crippen LogP contribution in [0.15, 0.2) is 22.7 Å². The van der Waals surface area contributed by atoms with E-state index in [2.05, 4.69) is 29.8 Å². The van der Waals surface area contributed by atoms with E-state index in [1.54, 1.807) is 7.11 Å². The van der Waals surface area contributed by atoms with Crippen LogP contribution >= 0.6 is 15.9 Å². The highest BCUT2D eigenvalue weighted by molar-refractivity contribution is 9.10. The molecule has 0 saturated heterocycles. The number of ether oxygens (including phenoxy) is 1. The summed E-state index contributed by atoms with van der Waals surface area (Å²) in [5.74, 6) is 1.10. The van der Waals surface area contributed by atoms with Crippen molar-refractivity contribution in [2.45, 2.75) is 39.5 Å². The first kappa shape index (κ1) is 15.2. The van der Waals surface area contributed by atoms with Crippen molar-refractivity contribution in [2.24, 2.45) is 5.92 Å². The number of halogens is 1. The molecule has 1 aromatic carbocycles. The fourth-order valence-corrected chi connectivity index (χ4v) is 2.56. The highest BCUT2D eigenvalue weighted by atomic mass is 79.9. The van der Waals surface area contributed by atoms with E-state index in [0.29, 0.717) is 5.75 Å². The molecule has 0 aliphatic rings. The number of carbonyl (C=O) groups excluding carboxylic acids is 1. The van der Waals surface area contributed by atoms with Gasteiger partial charge in [0.25, 0.3) is 0 Å². The summed E-state index contributed by atoms with van der Waals surface area (Å²) in [6.07, 6.45) is 4.02. The van der Waals surface area contributed by atoms with E-state index in [9.17, 15) is 4.79 Å². The first-order valence-electron chi connectivity index (χ1n) is 6.51. The Morgan fingerprint density at radius 2 is 1.89 bits per heavy atom. The molecule has 0 aromatic heterocycles. The average Bonchev–Trinajstić information content (AvgIpc) is 2.38. The van der Waals surface area contributed by atoms with Crippen LogP contribution in [-0.4, -0.2) is 12.9 Å². The Balaban J connectivity index is 2.93. The molecule has 0 spiro atoms. The molecule has 3 heteroatoms. The molecular weight excluding hydrogens is 292 g/mol. The van der Waals surface area contributed by atoms with E-state index < -0.39 is 0 Å². The van der Waals surface area contributed by atoms with E-state index in [4.69, 9.17) is 4.74 Å². The van der Waals surface area contributed by atoms with Gasteiger partial charge in [-0.15, -0.1) is 0 Å². The third kappa shape index (κ3) is 3.84. The molecule has 0 atom stereocenters. The molecule has 0 N–H and O–H groups in total. The number of hydrogen-bond donors (Lipinski definition) is 0. The Morgan fingerprint density at radius 3 is 2.39 bits per heavy atom. The largest absolute Gasteiger partial charge is 0.496 e. The van der Waals surface area contributed by atoms with Crippen molar-refractivity contribution < 1.29 is 9.53 Å². The van der Waals surface area contributed by atoms with Crippen molar-refractivity contribution in [1.82, 2.24) is 0 Å². The van der Waals surface area contributed by atoms with Gasteiger partial charge in [-0.05, 0) is 40.9 Å². The topological polar surface area (TPSA) is 26.3 Å². The molecule has 0 aliphatic heterocycles. The molecule has 0 heterocycles. The number of ketones is 1. The molecule has 0 radical (unpaired) electrons. The molecule has 18 heavy (non-hydrogen) atoms. The fourth-order valence-electron chi connectivity index (χ4n) is 2.15. The fraction of sp³-hybridized carbons (Fsp3) is 0.533. The molecule has 0 amide bonds. The molecule has 0 saturated carbocycles. The van der Waals surface area contributed by atoms with Gasteiger partial charge in [-0.3, -0.25) is 4.79 Å². The first-order chi connectivity index (χ1) is 8.63. The standard InChI is InChI=1S/C15H21BrO2/c1-4-6-11(7-5-2)15(17)12-8-9-13(16)14(10-12)18-3/h8-11H,4-7H2,1-3H3. The van der Waals surface area contributed by atoms with Crippen LogP contribution in [0.25, 0.3) is 0 Å². The van der Waals surface area contributed by atoms with E-state index in [1.165, 1.54) is 0 Å². The van der Waals surface area contributed by atoms with Gasteiger partial charge in [0.1, 0.15) is 5.75 Å². The quantitative estimate of drug-likeness (QED) is 0.672. The van der Waals surface area contributed by atoms with Crippen LogP contribution in [0.4, 0.5) is 0 Å². The van der Waals surface area contributed by atoms with E-state index in [1.807, 2.05) is 18.2 Å². The predicted molar refractivity (Wildman–Crippen MR) is 78.3 cm³/mol. The zero-order chi connectivity index (χ0) is 13.5. The minimum atomic E-state index is 0.144. The van der Waals surface area contributed by atoms with Crippen molar-refractivity contribution in [3.63, 3.8) is 0 Å². The number of rotatable bonds is 7. The van der Waals surface area contributed by atoms with Crippen molar-refractivity contribution in [3.05, 3.63) is 28.2 Å². The minimum absolute atomic E-state index is 0.144. The second-order valence-corrected chi connectivity index (χ2v) is 5.34. The van der Waals surface area contributed by atoms with Gasteiger partial charge in [0.15, 0.2) is 5.78 Å². The highest BCUT2D eigenvalue weighted by Gasteiger charge is 2.19. The van der Waals surface area contributed by atoms with Gasteiger partial charge >= 0.3 is 0 Å². The van der Waals surface area contributed by atoms with Gasteiger partial charge in [-0.25, -0.2) is 0 Å². The van der Waals surface area contributed by atoms with Crippen LogP contribution in [0.2, 0.25) is 0 Å². The maximum absolute atomic E-state index is 12.4. The zero-order valence-electron chi connectivity index (χ0n) is 11.3. The number of carbonyl (C=O) groups is 1. The molecule has 1 rings (SSSR count). The molecule has 0 fully saturated rings. The van der Waals surface area contributed by atoms with Crippen LogP contribution in [0, 0.1) is 5.92 Å². The Bertz CT molecular complexity index is 395. The summed E-state index contributed by atoms with van der Waals surface area (Å²) in [7, 11) is 1.61. The molecule has 100 valence electrons. The molecule has 1 aromatic rings. The second-order valence-electron chi connectivity index (χ2n) is 4.49. The Morgan fingerprint density at radius 1 is 1.28 bits per heavy atom. The maximum atomic E-state index is 12.4. The first-order valence-corrected chi connectivity index (χ1v) is 7.31. The third-order valence-corrected chi connectivity index (χ3v) is 3.74. The molecular formula is C15H21BrO2. The summed E-state index contributed by atoms with van der Waals surface area (Å²) in [6, 6.07) is 5.57. The van der Waals surface area contributed by atoms with Crippen LogP contribution in [0.5, 0.6) is 5.75 Å². The van der Waals surface area contributed by atoms with Gasteiger partial charge in [0, 0.05) is 11.5 Å². The van der Waals surface area contributed by atoms with Crippen LogP contribution in [0.1, 0.15) is 49.9 Å². The van der Waals surface area contributed by atoms with Gasteiger partial charge < -0.3 is 4.74 Å².